The molecule has 0 radical (unpaired) electrons. The average Bonchev–Trinajstić information content (AvgIpc) is 2.85. The Hall–Kier alpha value is -1.46. The number of fused-ring (bicyclic) bond motifs is 1. The van der Waals surface area contributed by atoms with E-state index in [-0.39, 0.29) is 11.7 Å². The number of rotatable bonds is 4. The van der Waals surface area contributed by atoms with E-state index in [0.29, 0.717) is 17.3 Å². The normalized spacial score (nSPS) is 18.5. The molecule has 1 aromatic carbocycles. The molecule has 1 unspecified atom stereocenters. The van der Waals surface area contributed by atoms with Gasteiger partial charge in [-0.3, -0.25) is 4.79 Å². The number of hydrogen-bond donors (Lipinski definition) is 2. The first-order chi connectivity index (χ1) is 10.6. The second kappa shape index (κ2) is 6.75. The van der Waals surface area contributed by atoms with E-state index in [1.807, 2.05) is 6.92 Å². The van der Waals surface area contributed by atoms with Crippen LogP contribution >= 0.6 is 11.3 Å². The molecule has 3 nitrogen and oxygen atoms in total. The van der Waals surface area contributed by atoms with Crippen molar-refractivity contribution >= 4 is 27.3 Å². The highest BCUT2D eigenvalue weighted by Crippen LogP contribution is 2.31. The van der Waals surface area contributed by atoms with E-state index < -0.39 is 0 Å². The third-order valence-electron chi connectivity index (χ3n) is 4.34. The van der Waals surface area contributed by atoms with Crippen LogP contribution in [0.15, 0.2) is 18.2 Å². The summed E-state index contributed by atoms with van der Waals surface area (Å²) in [6, 6.07) is 4.69. The predicted molar refractivity (Wildman–Crippen MR) is 89.1 cm³/mol. The Labute approximate surface area is 133 Å². The van der Waals surface area contributed by atoms with Crippen molar-refractivity contribution in [3.8, 4) is 0 Å². The first-order valence-corrected chi connectivity index (χ1v) is 8.64. The summed E-state index contributed by atoms with van der Waals surface area (Å²) in [4.78, 5) is 13.0. The van der Waals surface area contributed by atoms with Crippen LogP contribution in [0.5, 0.6) is 0 Å². The van der Waals surface area contributed by atoms with Crippen LogP contribution in [0.3, 0.4) is 0 Å². The van der Waals surface area contributed by atoms with Crippen LogP contribution < -0.4 is 10.6 Å². The summed E-state index contributed by atoms with van der Waals surface area (Å²) in [6.45, 7) is 4.75. The highest BCUT2D eigenvalue weighted by molar-refractivity contribution is 7.21. The molecule has 0 aliphatic carbocycles. The zero-order valence-corrected chi connectivity index (χ0v) is 13.6. The quantitative estimate of drug-likeness (QED) is 0.906. The van der Waals surface area contributed by atoms with Gasteiger partial charge in [-0.05, 0) is 74.3 Å². The summed E-state index contributed by atoms with van der Waals surface area (Å²) < 4.78 is 14.3. The number of piperidine rings is 1. The maximum atomic E-state index is 13.3. The van der Waals surface area contributed by atoms with E-state index in [2.05, 4.69) is 10.6 Å². The standard InChI is InChI=1S/C17H21FN2OS/c1-11-14-9-13(18)4-5-15(14)22-16(11)17(21)20-8-6-12-3-2-7-19-10-12/h4-5,9,12,19H,2-3,6-8,10H2,1H3,(H,20,21). The smallest absolute Gasteiger partial charge is 0.261 e. The van der Waals surface area contributed by atoms with E-state index >= 15 is 0 Å². The van der Waals surface area contributed by atoms with Crippen molar-refractivity contribution < 1.29 is 9.18 Å². The van der Waals surface area contributed by atoms with E-state index in [9.17, 15) is 9.18 Å². The van der Waals surface area contributed by atoms with Gasteiger partial charge in [0.05, 0.1) is 4.88 Å². The first kappa shape index (κ1) is 15.4. The van der Waals surface area contributed by atoms with Gasteiger partial charge in [0.25, 0.3) is 5.91 Å². The number of nitrogens with one attached hydrogen (secondary N) is 2. The molecule has 1 atom stereocenters. The molecule has 0 bridgehead atoms. The number of hydrogen-bond acceptors (Lipinski definition) is 3. The van der Waals surface area contributed by atoms with Gasteiger partial charge in [0, 0.05) is 11.2 Å². The highest BCUT2D eigenvalue weighted by Gasteiger charge is 2.17. The van der Waals surface area contributed by atoms with Gasteiger partial charge in [-0.2, -0.15) is 0 Å². The van der Waals surface area contributed by atoms with Crippen molar-refractivity contribution in [2.24, 2.45) is 5.92 Å². The monoisotopic (exact) mass is 320 g/mol. The van der Waals surface area contributed by atoms with Gasteiger partial charge in [-0.1, -0.05) is 0 Å². The fraction of sp³-hybridized carbons (Fsp3) is 0.471. The van der Waals surface area contributed by atoms with Gasteiger partial charge in [0.2, 0.25) is 0 Å². The van der Waals surface area contributed by atoms with Gasteiger partial charge in [-0.25, -0.2) is 4.39 Å². The van der Waals surface area contributed by atoms with Crippen LogP contribution in [0.2, 0.25) is 0 Å². The second-order valence-corrected chi connectivity index (χ2v) is 7.01. The lowest BCUT2D eigenvalue weighted by molar-refractivity contribution is 0.0954. The van der Waals surface area contributed by atoms with Crippen molar-refractivity contribution in [1.82, 2.24) is 10.6 Å². The number of amides is 1. The summed E-state index contributed by atoms with van der Waals surface area (Å²) in [5, 5.41) is 7.24. The molecule has 1 aliphatic heterocycles. The number of benzene rings is 1. The summed E-state index contributed by atoms with van der Waals surface area (Å²) in [5.74, 6) is 0.361. The molecule has 1 fully saturated rings. The first-order valence-electron chi connectivity index (χ1n) is 7.82. The van der Waals surface area contributed by atoms with E-state index in [1.165, 1.54) is 36.3 Å². The number of halogens is 1. The van der Waals surface area contributed by atoms with Crippen LogP contribution in [0.25, 0.3) is 10.1 Å². The van der Waals surface area contributed by atoms with Crippen molar-refractivity contribution in [2.45, 2.75) is 26.2 Å². The molecular weight excluding hydrogens is 299 g/mol. The molecule has 1 amide bonds. The Balaban J connectivity index is 1.63. The second-order valence-electron chi connectivity index (χ2n) is 5.95. The summed E-state index contributed by atoms with van der Waals surface area (Å²) in [5.41, 5.74) is 0.872. The molecule has 2 N–H and O–H groups in total. The third kappa shape index (κ3) is 3.31. The molecule has 0 spiro atoms. The molecule has 118 valence electrons. The lowest BCUT2D eigenvalue weighted by Crippen LogP contribution is -2.33. The Morgan fingerprint density at radius 2 is 2.36 bits per heavy atom. The van der Waals surface area contributed by atoms with Crippen molar-refractivity contribution in [1.29, 1.82) is 0 Å². The molecule has 1 aliphatic rings. The molecule has 3 rings (SSSR count). The van der Waals surface area contributed by atoms with Crippen LogP contribution in [0.4, 0.5) is 4.39 Å². The number of thiophene rings is 1. The topological polar surface area (TPSA) is 41.1 Å². The van der Waals surface area contributed by atoms with E-state index in [0.717, 1.165) is 35.2 Å². The van der Waals surface area contributed by atoms with Gasteiger partial charge >= 0.3 is 0 Å². The Morgan fingerprint density at radius 3 is 3.14 bits per heavy atom. The molecule has 2 aromatic rings. The van der Waals surface area contributed by atoms with Gasteiger partial charge < -0.3 is 10.6 Å². The zero-order valence-electron chi connectivity index (χ0n) is 12.7. The Kier molecular flexibility index (Phi) is 4.74. The number of carbonyl (C=O) groups excluding carboxylic acids is 1. The maximum Gasteiger partial charge on any atom is 0.261 e. The van der Waals surface area contributed by atoms with Crippen molar-refractivity contribution in [3.63, 3.8) is 0 Å². The molecule has 1 aromatic heterocycles. The fourth-order valence-corrected chi connectivity index (χ4v) is 4.16. The zero-order chi connectivity index (χ0) is 15.5. The van der Waals surface area contributed by atoms with E-state index in [4.69, 9.17) is 0 Å². The van der Waals surface area contributed by atoms with Crippen molar-refractivity contribution in [2.75, 3.05) is 19.6 Å². The highest BCUT2D eigenvalue weighted by atomic mass is 32.1. The lowest BCUT2D eigenvalue weighted by Gasteiger charge is -2.22. The summed E-state index contributed by atoms with van der Waals surface area (Å²) in [7, 11) is 0. The summed E-state index contributed by atoms with van der Waals surface area (Å²) >= 11 is 1.44. The molecule has 5 heteroatoms. The number of aryl methyl sites for hydroxylation is 1. The average molecular weight is 320 g/mol. The fourth-order valence-electron chi connectivity index (χ4n) is 3.05. The molecule has 22 heavy (non-hydrogen) atoms. The van der Waals surface area contributed by atoms with Crippen LogP contribution in [0.1, 0.15) is 34.5 Å². The maximum absolute atomic E-state index is 13.3. The molecule has 0 saturated carbocycles. The minimum Gasteiger partial charge on any atom is -0.351 e. The van der Waals surface area contributed by atoms with E-state index in [1.54, 1.807) is 6.07 Å². The van der Waals surface area contributed by atoms with Gasteiger partial charge in [0.1, 0.15) is 5.82 Å². The Morgan fingerprint density at radius 1 is 1.50 bits per heavy atom. The molecule has 2 heterocycles. The van der Waals surface area contributed by atoms with Crippen LogP contribution in [-0.2, 0) is 0 Å². The minimum atomic E-state index is -0.259. The molecule has 1 saturated heterocycles. The van der Waals surface area contributed by atoms with Crippen LogP contribution in [-0.4, -0.2) is 25.5 Å². The minimum absolute atomic E-state index is 0.0390. The lowest BCUT2D eigenvalue weighted by atomic mass is 9.96. The van der Waals surface area contributed by atoms with Crippen molar-refractivity contribution in [3.05, 3.63) is 34.5 Å². The van der Waals surface area contributed by atoms with Gasteiger partial charge in [-0.15, -0.1) is 11.3 Å². The number of carbonyl (C=O) groups is 1. The van der Waals surface area contributed by atoms with Crippen LogP contribution in [0, 0.1) is 18.7 Å². The SMILES string of the molecule is Cc1c(C(=O)NCCC2CCCNC2)sc2ccc(F)cc12. The summed E-state index contributed by atoms with van der Waals surface area (Å²) in [6.07, 6.45) is 3.47. The van der Waals surface area contributed by atoms with Gasteiger partial charge in [0.15, 0.2) is 0 Å². The largest absolute Gasteiger partial charge is 0.351 e. The molecular formula is C17H21FN2OS. The Bertz CT molecular complexity index is 677. The predicted octanol–water partition coefficient (Wildman–Crippen LogP) is 3.47. The third-order valence-corrected chi connectivity index (χ3v) is 5.61.